The van der Waals surface area contributed by atoms with E-state index in [1.54, 1.807) is 6.07 Å². The van der Waals surface area contributed by atoms with Crippen LogP contribution in [0.1, 0.15) is 29.8 Å². The third-order valence-electron chi connectivity index (χ3n) is 4.27. The number of fused-ring (bicyclic) bond motifs is 1. The fraction of sp³-hybridized carbons (Fsp3) is 0.368. The van der Waals surface area contributed by atoms with Crippen LogP contribution in [0.3, 0.4) is 0 Å². The van der Waals surface area contributed by atoms with E-state index in [0.717, 1.165) is 5.56 Å². The van der Waals surface area contributed by atoms with Gasteiger partial charge in [-0.3, -0.25) is 9.59 Å². The lowest BCUT2D eigenvalue weighted by Gasteiger charge is -2.27. The Balaban J connectivity index is 1.90. The van der Waals surface area contributed by atoms with E-state index in [9.17, 15) is 22.8 Å². The van der Waals surface area contributed by atoms with Crippen LogP contribution in [-0.4, -0.2) is 46.8 Å². The number of rotatable bonds is 6. The van der Waals surface area contributed by atoms with E-state index in [0.29, 0.717) is 5.69 Å². The van der Waals surface area contributed by atoms with Crippen molar-refractivity contribution in [1.82, 2.24) is 20.6 Å². The van der Waals surface area contributed by atoms with E-state index in [1.807, 2.05) is 30.4 Å². The van der Waals surface area contributed by atoms with Crippen LogP contribution in [0.4, 0.5) is 30.6 Å². The molecule has 2 heterocycles. The quantitative estimate of drug-likeness (QED) is 0.547. The third-order valence-corrected chi connectivity index (χ3v) is 4.27. The van der Waals surface area contributed by atoms with Gasteiger partial charge in [-0.25, -0.2) is 0 Å². The molecule has 0 saturated carbocycles. The van der Waals surface area contributed by atoms with Gasteiger partial charge in [-0.2, -0.15) is 23.1 Å². The van der Waals surface area contributed by atoms with E-state index >= 15 is 0 Å². The standard InChI is InChI=1S/C19H21F3N6O3/c1-10-5-4-6-11(7-10)25-13-12-14(29)24-9-31-15(12)27-17(26-13)28-18(2,3)16(30)23-8-19(20,21)22/h4-7H,8-9H2,1-3H3,(H,23,30)(H,24,29)(H2,25,26,27,28). The average molecular weight is 438 g/mol. The van der Waals surface area contributed by atoms with Gasteiger partial charge in [0.2, 0.25) is 17.7 Å². The second kappa shape index (κ2) is 8.28. The highest BCUT2D eigenvalue weighted by Crippen LogP contribution is 2.30. The first-order valence-electron chi connectivity index (χ1n) is 9.24. The molecule has 4 N–H and O–H groups in total. The monoisotopic (exact) mass is 438 g/mol. The highest BCUT2D eigenvalue weighted by Gasteiger charge is 2.34. The van der Waals surface area contributed by atoms with Crippen LogP contribution in [-0.2, 0) is 4.79 Å². The minimum atomic E-state index is -4.54. The van der Waals surface area contributed by atoms with Gasteiger partial charge in [0, 0.05) is 5.69 Å². The smallest absolute Gasteiger partial charge is 0.405 e. The predicted octanol–water partition coefficient (Wildman–Crippen LogP) is 2.48. The van der Waals surface area contributed by atoms with Crippen LogP contribution >= 0.6 is 0 Å². The van der Waals surface area contributed by atoms with E-state index in [1.165, 1.54) is 13.8 Å². The Morgan fingerprint density at radius 2 is 2.00 bits per heavy atom. The summed E-state index contributed by atoms with van der Waals surface area (Å²) in [7, 11) is 0. The molecule has 1 aromatic heterocycles. The van der Waals surface area contributed by atoms with Gasteiger partial charge in [0.25, 0.3) is 5.91 Å². The number of amides is 2. The number of ether oxygens (including phenoxy) is 1. The summed E-state index contributed by atoms with van der Waals surface area (Å²) in [6.45, 7) is 3.07. The molecule has 2 amide bonds. The number of aryl methyl sites for hydroxylation is 1. The van der Waals surface area contributed by atoms with E-state index in [4.69, 9.17) is 4.74 Å². The lowest BCUT2D eigenvalue weighted by atomic mass is 10.1. The lowest BCUT2D eigenvalue weighted by molar-refractivity contribution is -0.140. The number of hydrogen-bond acceptors (Lipinski definition) is 7. The Bertz CT molecular complexity index is 1010. The highest BCUT2D eigenvalue weighted by atomic mass is 19.4. The number of alkyl halides is 3. The fourth-order valence-corrected chi connectivity index (χ4v) is 2.75. The summed E-state index contributed by atoms with van der Waals surface area (Å²) < 4.78 is 42.7. The zero-order valence-electron chi connectivity index (χ0n) is 17.0. The number of hydrogen-bond donors (Lipinski definition) is 4. The van der Waals surface area contributed by atoms with Crippen molar-refractivity contribution in [3.8, 4) is 5.88 Å². The maximum absolute atomic E-state index is 12.4. The number of carbonyl (C=O) groups excluding carboxylic acids is 2. The number of benzene rings is 1. The average Bonchev–Trinajstić information content (AvgIpc) is 2.65. The number of carbonyl (C=O) groups is 2. The van der Waals surface area contributed by atoms with Gasteiger partial charge in [-0.15, -0.1) is 0 Å². The molecule has 12 heteroatoms. The number of aromatic nitrogens is 2. The van der Waals surface area contributed by atoms with Crippen molar-refractivity contribution in [3.63, 3.8) is 0 Å². The van der Waals surface area contributed by atoms with E-state index in [-0.39, 0.29) is 29.9 Å². The van der Waals surface area contributed by atoms with Crippen molar-refractivity contribution < 1.29 is 27.5 Å². The van der Waals surface area contributed by atoms with Crippen molar-refractivity contribution in [2.75, 3.05) is 23.9 Å². The minimum absolute atomic E-state index is 0.0251. The molecular formula is C19H21F3N6O3. The molecule has 0 unspecified atom stereocenters. The highest BCUT2D eigenvalue weighted by molar-refractivity contribution is 6.02. The van der Waals surface area contributed by atoms with Crippen LogP contribution in [0.15, 0.2) is 24.3 Å². The van der Waals surface area contributed by atoms with Gasteiger partial charge >= 0.3 is 6.18 Å². The molecule has 9 nitrogen and oxygen atoms in total. The molecule has 0 fully saturated rings. The second-order valence-electron chi connectivity index (χ2n) is 7.41. The Hall–Kier alpha value is -3.57. The normalized spacial score (nSPS) is 13.5. The molecule has 0 aliphatic carbocycles. The van der Waals surface area contributed by atoms with Crippen LogP contribution in [0, 0.1) is 6.92 Å². The molecule has 0 atom stereocenters. The van der Waals surface area contributed by atoms with Crippen molar-refractivity contribution >= 4 is 29.3 Å². The largest absolute Gasteiger partial charge is 0.456 e. The van der Waals surface area contributed by atoms with E-state index in [2.05, 4.69) is 25.9 Å². The zero-order chi connectivity index (χ0) is 22.8. The van der Waals surface area contributed by atoms with Crippen LogP contribution in [0.5, 0.6) is 5.88 Å². The van der Waals surface area contributed by atoms with Crippen LogP contribution < -0.4 is 26.0 Å². The Kier molecular flexibility index (Phi) is 5.91. The van der Waals surface area contributed by atoms with Gasteiger partial charge in [-0.1, -0.05) is 12.1 Å². The molecule has 31 heavy (non-hydrogen) atoms. The van der Waals surface area contributed by atoms with Gasteiger partial charge in [0.1, 0.15) is 17.6 Å². The van der Waals surface area contributed by atoms with Crippen molar-refractivity contribution in [2.24, 2.45) is 0 Å². The fourth-order valence-electron chi connectivity index (χ4n) is 2.75. The Morgan fingerprint density at radius 3 is 2.68 bits per heavy atom. The summed E-state index contributed by atoms with van der Waals surface area (Å²) in [5, 5.41) is 10.1. The molecule has 1 aliphatic heterocycles. The summed E-state index contributed by atoms with van der Waals surface area (Å²) in [6, 6.07) is 7.31. The summed E-state index contributed by atoms with van der Waals surface area (Å²) in [5.74, 6) is -1.37. The first kappa shape index (κ1) is 22.1. The number of anilines is 3. The molecular weight excluding hydrogens is 417 g/mol. The van der Waals surface area contributed by atoms with Gasteiger partial charge < -0.3 is 26.0 Å². The molecule has 2 aromatic rings. The molecule has 0 saturated heterocycles. The SMILES string of the molecule is Cc1cccc(Nc2nc(NC(C)(C)C(=O)NCC(F)(F)F)nc3c2C(=O)NCO3)c1. The molecule has 0 radical (unpaired) electrons. The summed E-state index contributed by atoms with van der Waals surface area (Å²) >= 11 is 0. The predicted molar refractivity (Wildman–Crippen MR) is 106 cm³/mol. The van der Waals surface area contributed by atoms with Gasteiger partial charge in [0.15, 0.2) is 12.5 Å². The number of nitrogens with one attached hydrogen (secondary N) is 4. The maximum Gasteiger partial charge on any atom is 0.405 e. The van der Waals surface area contributed by atoms with E-state index < -0.39 is 30.1 Å². The first-order valence-corrected chi connectivity index (χ1v) is 9.24. The Morgan fingerprint density at radius 1 is 1.26 bits per heavy atom. The first-order chi connectivity index (χ1) is 14.4. The number of halogens is 3. The van der Waals surface area contributed by atoms with Crippen LogP contribution in [0.25, 0.3) is 0 Å². The van der Waals surface area contributed by atoms with Gasteiger partial charge in [-0.05, 0) is 38.5 Å². The van der Waals surface area contributed by atoms with Crippen molar-refractivity contribution in [3.05, 3.63) is 35.4 Å². The Labute approximate surface area is 175 Å². The zero-order valence-corrected chi connectivity index (χ0v) is 17.0. The molecule has 3 rings (SSSR count). The second-order valence-corrected chi connectivity index (χ2v) is 7.41. The van der Waals surface area contributed by atoms with Gasteiger partial charge in [0.05, 0.1) is 0 Å². The van der Waals surface area contributed by atoms with Crippen molar-refractivity contribution in [2.45, 2.75) is 32.5 Å². The molecule has 0 bridgehead atoms. The summed E-state index contributed by atoms with van der Waals surface area (Å²) in [4.78, 5) is 32.9. The molecule has 1 aromatic carbocycles. The maximum atomic E-state index is 12.4. The molecule has 0 spiro atoms. The van der Waals surface area contributed by atoms with Crippen molar-refractivity contribution in [1.29, 1.82) is 0 Å². The minimum Gasteiger partial charge on any atom is -0.456 e. The topological polar surface area (TPSA) is 117 Å². The third kappa shape index (κ3) is 5.53. The molecule has 166 valence electrons. The summed E-state index contributed by atoms with van der Waals surface area (Å²) in [5.41, 5.74) is 0.191. The van der Waals surface area contributed by atoms with Crippen LogP contribution in [0.2, 0.25) is 0 Å². The number of nitrogens with zero attached hydrogens (tertiary/aromatic N) is 2. The summed E-state index contributed by atoms with van der Waals surface area (Å²) in [6.07, 6.45) is -4.54. The molecule has 1 aliphatic rings. The lowest BCUT2D eigenvalue weighted by Crippen LogP contribution is -2.50.